The highest BCUT2D eigenvalue weighted by Crippen LogP contribution is 2.32. The molecule has 1 rings (SSSR count). The second-order valence-corrected chi connectivity index (χ2v) is 5.81. The van der Waals surface area contributed by atoms with Gasteiger partial charge >= 0.3 is 0 Å². The SMILES string of the molecule is COc1nc(SC(C)(C)C)ccc1N. The fourth-order valence-corrected chi connectivity index (χ4v) is 1.86. The minimum atomic E-state index is 0.147. The van der Waals surface area contributed by atoms with Crippen molar-refractivity contribution in [2.45, 2.75) is 30.5 Å². The summed E-state index contributed by atoms with van der Waals surface area (Å²) in [7, 11) is 1.57. The van der Waals surface area contributed by atoms with Crippen molar-refractivity contribution in [2.24, 2.45) is 0 Å². The van der Waals surface area contributed by atoms with E-state index >= 15 is 0 Å². The highest BCUT2D eigenvalue weighted by molar-refractivity contribution is 8.00. The molecule has 14 heavy (non-hydrogen) atoms. The van der Waals surface area contributed by atoms with Crippen LogP contribution in [-0.2, 0) is 0 Å². The van der Waals surface area contributed by atoms with E-state index < -0.39 is 0 Å². The lowest BCUT2D eigenvalue weighted by Crippen LogP contribution is -2.07. The molecule has 1 aromatic heterocycles. The standard InChI is InChI=1S/C10H16N2OS/c1-10(2,3)14-8-6-5-7(11)9(12-8)13-4/h5-6H,11H2,1-4H3. The van der Waals surface area contributed by atoms with Crippen molar-refractivity contribution in [1.82, 2.24) is 4.98 Å². The van der Waals surface area contributed by atoms with Gasteiger partial charge in [0.2, 0.25) is 5.88 Å². The number of hydrogen-bond donors (Lipinski definition) is 1. The smallest absolute Gasteiger partial charge is 0.237 e. The zero-order valence-electron chi connectivity index (χ0n) is 9.00. The Morgan fingerprint density at radius 2 is 2.00 bits per heavy atom. The van der Waals surface area contributed by atoms with Crippen LogP contribution < -0.4 is 10.5 Å². The second kappa shape index (κ2) is 4.09. The molecule has 78 valence electrons. The van der Waals surface area contributed by atoms with Crippen molar-refractivity contribution in [1.29, 1.82) is 0 Å². The summed E-state index contributed by atoms with van der Waals surface area (Å²) in [5.41, 5.74) is 6.24. The molecule has 0 aliphatic rings. The molecule has 2 N–H and O–H groups in total. The van der Waals surface area contributed by atoms with E-state index in [-0.39, 0.29) is 4.75 Å². The summed E-state index contributed by atoms with van der Waals surface area (Å²) in [6.07, 6.45) is 0. The van der Waals surface area contributed by atoms with Gasteiger partial charge in [-0.15, -0.1) is 11.8 Å². The average molecular weight is 212 g/mol. The number of nitrogen functional groups attached to an aromatic ring is 1. The molecular formula is C10H16N2OS. The van der Waals surface area contributed by atoms with Crippen LogP contribution in [0.5, 0.6) is 5.88 Å². The Labute approximate surface area is 89.1 Å². The lowest BCUT2D eigenvalue weighted by atomic mass is 10.3. The normalized spacial score (nSPS) is 11.4. The molecule has 0 bridgehead atoms. The number of thioether (sulfide) groups is 1. The quantitative estimate of drug-likeness (QED) is 0.765. The maximum atomic E-state index is 5.67. The molecule has 1 heterocycles. The molecule has 0 aromatic carbocycles. The molecule has 0 saturated heterocycles. The van der Waals surface area contributed by atoms with E-state index in [0.717, 1.165) is 5.03 Å². The summed E-state index contributed by atoms with van der Waals surface area (Å²) in [5.74, 6) is 0.499. The van der Waals surface area contributed by atoms with Gasteiger partial charge in [-0.25, -0.2) is 4.98 Å². The number of anilines is 1. The number of rotatable bonds is 2. The van der Waals surface area contributed by atoms with E-state index in [9.17, 15) is 0 Å². The molecule has 4 heteroatoms. The number of methoxy groups -OCH3 is 1. The van der Waals surface area contributed by atoms with Gasteiger partial charge in [-0.05, 0) is 12.1 Å². The van der Waals surface area contributed by atoms with Crippen molar-refractivity contribution in [2.75, 3.05) is 12.8 Å². The van der Waals surface area contributed by atoms with Gasteiger partial charge in [-0.2, -0.15) is 0 Å². The Morgan fingerprint density at radius 3 is 2.50 bits per heavy atom. The van der Waals surface area contributed by atoms with Crippen molar-refractivity contribution in [3.8, 4) is 5.88 Å². The van der Waals surface area contributed by atoms with E-state index in [1.54, 1.807) is 18.9 Å². The lowest BCUT2D eigenvalue weighted by Gasteiger charge is -2.17. The minimum Gasteiger partial charge on any atom is -0.480 e. The fourth-order valence-electron chi connectivity index (χ4n) is 0.968. The first-order chi connectivity index (χ1) is 6.42. The van der Waals surface area contributed by atoms with Gasteiger partial charge in [0.1, 0.15) is 5.03 Å². The Bertz CT molecular complexity index is 320. The van der Waals surface area contributed by atoms with Gasteiger partial charge in [-0.1, -0.05) is 20.8 Å². The highest BCUT2D eigenvalue weighted by atomic mass is 32.2. The van der Waals surface area contributed by atoms with Crippen LogP contribution in [0, 0.1) is 0 Å². The molecule has 0 amide bonds. The minimum absolute atomic E-state index is 0.147. The van der Waals surface area contributed by atoms with Crippen LogP contribution in [0.2, 0.25) is 0 Å². The average Bonchev–Trinajstić information content (AvgIpc) is 2.06. The molecule has 0 unspecified atom stereocenters. The van der Waals surface area contributed by atoms with Crippen molar-refractivity contribution < 1.29 is 4.74 Å². The Hall–Kier alpha value is -0.900. The fraction of sp³-hybridized carbons (Fsp3) is 0.500. The Balaban J connectivity index is 2.90. The first-order valence-electron chi connectivity index (χ1n) is 4.42. The first-order valence-corrected chi connectivity index (χ1v) is 5.23. The van der Waals surface area contributed by atoms with Crippen LogP contribution in [0.4, 0.5) is 5.69 Å². The van der Waals surface area contributed by atoms with Gasteiger partial charge in [0.05, 0.1) is 12.8 Å². The summed E-state index contributed by atoms with van der Waals surface area (Å²) < 4.78 is 5.20. The van der Waals surface area contributed by atoms with Crippen LogP contribution in [0.1, 0.15) is 20.8 Å². The number of hydrogen-bond acceptors (Lipinski definition) is 4. The number of nitrogens with two attached hydrogens (primary N) is 1. The summed E-state index contributed by atoms with van der Waals surface area (Å²) >= 11 is 1.69. The summed E-state index contributed by atoms with van der Waals surface area (Å²) in [5, 5.41) is 0.934. The number of pyridine rings is 1. The molecule has 0 saturated carbocycles. The summed E-state index contributed by atoms with van der Waals surface area (Å²) in [6.45, 7) is 6.42. The third kappa shape index (κ3) is 3.10. The van der Waals surface area contributed by atoms with Gasteiger partial charge in [0.25, 0.3) is 0 Å². The highest BCUT2D eigenvalue weighted by Gasteiger charge is 2.14. The molecule has 3 nitrogen and oxygen atoms in total. The predicted molar refractivity (Wildman–Crippen MR) is 60.8 cm³/mol. The first kappa shape index (κ1) is 11.2. The van der Waals surface area contributed by atoms with Gasteiger partial charge in [0, 0.05) is 4.75 Å². The number of nitrogens with zero attached hydrogens (tertiary/aromatic N) is 1. The van der Waals surface area contributed by atoms with E-state index in [1.807, 2.05) is 12.1 Å². The lowest BCUT2D eigenvalue weighted by molar-refractivity contribution is 0.397. The monoisotopic (exact) mass is 212 g/mol. The van der Waals surface area contributed by atoms with Crippen LogP contribution >= 0.6 is 11.8 Å². The molecule has 0 aliphatic heterocycles. The van der Waals surface area contributed by atoms with E-state index in [2.05, 4.69) is 25.8 Å². The van der Waals surface area contributed by atoms with E-state index in [1.165, 1.54) is 0 Å². The third-order valence-corrected chi connectivity index (χ3v) is 2.52. The topological polar surface area (TPSA) is 48.1 Å². The predicted octanol–water partition coefficient (Wildman–Crippen LogP) is 2.56. The molecule has 1 aromatic rings. The van der Waals surface area contributed by atoms with Gasteiger partial charge in [0.15, 0.2) is 0 Å². The van der Waals surface area contributed by atoms with Crippen LogP contribution in [0.25, 0.3) is 0 Å². The molecule has 0 aliphatic carbocycles. The van der Waals surface area contributed by atoms with Gasteiger partial charge in [-0.3, -0.25) is 0 Å². The second-order valence-electron chi connectivity index (χ2n) is 3.96. The van der Waals surface area contributed by atoms with Crippen molar-refractivity contribution in [3.63, 3.8) is 0 Å². The zero-order valence-corrected chi connectivity index (χ0v) is 9.81. The third-order valence-electron chi connectivity index (χ3n) is 1.47. The molecule has 0 radical (unpaired) electrons. The van der Waals surface area contributed by atoms with Crippen LogP contribution in [0.15, 0.2) is 17.2 Å². The Morgan fingerprint density at radius 1 is 1.36 bits per heavy atom. The Kier molecular flexibility index (Phi) is 3.26. The summed E-state index contributed by atoms with van der Waals surface area (Å²) in [6, 6.07) is 3.73. The molecular weight excluding hydrogens is 196 g/mol. The number of aromatic nitrogens is 1. The molecule has 0 atom stereocenters. The maximum Gasteiger partial charge on any atom is 0.237 e. The number of ether oxygens (including phenoxy) is 1. The summed E-state index contributed by atoms with van der Waals surface area (Å²) in [4.78, 5) is 4.29. The molecule has 0 fully saturated rings. The maximum absolute atomic E-state index is 5.67. The van der Waals surface area contributed by atoms with E-state index in [4.69, 9.17) is 10.5 Å². The van der Waals surface area contributed by atoms with Crippen LogP contribution in [0.3, 0.4) is 0 Å². The van der Waals surface area contributed by atoms with E-state index in [0.29, 0.717) is 11.6 Å². The molecule has 0 spiro atoms. The van der Waals surface area contributed by atoms with Crippen LogP contribution in [-0.4, -0.2) is 16.8 Å². The van der Waals surface area contributed by atoms with Gasteiger partial charge < -0.3 is 10.5 Å². The zero-order chi connectivity index (χ0) is 10.8. The largest absolute Gasteiger partial charge is 0.480 e. The van der Waals surface area contributed by atoms with Crippen molar-refractivity contribution in [3.05, 3.63) is 12.1 Å². The van der Waals surface area contributed by atoms with Crippen molar-refractivity contribution >= 4 is 17.4 Å².